The Bertz CT molecular complexity index is 1280. The van der Waals surface area contributed by atoms with Crippen LogP contribution in [0.1, 0.15) is 121 Å². The highest BCUT2D eigenvalue weighted by molar-refractivity contribution is 6.70. The summed E-state index contributed by atoms with van der Waals surface area (Å²) >= 11 is 0. The molecule has 0 N–H and O–H groups in total. The first-order chi connectivity index (χ1) is 24.0. The van der Waals surface area contributed by atoms with Crippen molar-refractivity contribution in [2.75, 3.05) is 0 Å². The quantitative estimate of drug-likeness (QED) is 0.200. The molecule has 0 aromatic carbocycles. The van der Waals surface area contributed by atoms with Crippen molar-refractivity contribution in [3.05, 3.63) is 46.6 Å². The van der Waals surface area contributed by atoms with Gasteiger partial charge in [0.05, 0.1) is 35.6 Å². The molecule has 0 spiro atoms. The van der Waals surface area contributed by atoms with Crippen molar-refractivity contribution in [2.45, 2.75) is 196 Å². The Kier molecular flexibility index (Phi) is 13.0. The van der Waals surface area contributed by atoms with Crippen LogP contribution in [0, 0.1) is 47.3 Å². The molecule has 2 aliphatic carbocycles. The molecule has 6 heteroatoms. The van der Waals surface area contributed by atoms with Crippen molar-refractivity contribution in [2.24, 2.45) is 47.3 Å². The van der Waals surface area contributed by atoms with Gasteiger partial charge in [-0.3, -0.25) is 0 Å². The van der Waals surface area contributed by atoms with E-state index >= 15 is 0 Å². The molecule has 3 heterocycles. The molecule has 2 saturated heterocycles. The first kappa shape index (κ1) is 42.4. The standard InChI is InChI=1S/C46H80O4Si2/c1-29(2)35-23-21-33(7)39-37-27-31(5)20-18-26-46(10,50-52(14,15)16)44-42-36(30(3)4)24-22-34(8)40(42)38(48-44)28-32(6)19-17-25-45(9,49-51(11,12)13)43(47-37)41(35)39/h19-22,29-30,35-44H,17-18,23-28H2,1-16H3/b31-20+,32-19+/t35-,36-,37-,38-,39-,40-,41-,42-,43-,44-,45-,46-/m1/s1. The van der Waals surface area contributed by atoms with Gasteiger partial charge in [-0.25, -0.2) is 0 Å². The van der Waals surface area contributed by atoms with Crippen molar-refractivity contribution in [1.29, 1.82) is 0 Å². The average Bonchev–Trinajstić information content (AvgIpc) is 3.56. The van der Waals surface area contributed by atoms with Crippen molar-refractivity contribution in [1.82, 2.24) is 0 Å². The predicted molar refractivity (Wildman–Crippen MR) is 226 cm³/mol. The second-order valence-electron chi connectivity index (χ2n) is 21.2. The van der Waals surface area contributed by atoms with Crippen LogP contribution in [0.15, 0.2) is 46.6 Å². The number of rotatable bonds is 6. The summed E-state index contributed by atoms with van der Waals surface area (Å²) in [6.45, 7) is 38.2. The minimum Gasteiger partial charge on any atom is -0.410 e. The van der Waals surface area contributed by atoms with Gasteiger partial charge in [0.25, 0.3) is 0 Å². The topological polar surface area (TPSA) is 36.9 Å². The van der Waals surface area contributed by atoms with E-state index in [0.29, 0.717) is 47.3 Å². The lowest BCUT2D eigenvalue weighted by molar-refractivity contribution is -0.107. The maximum absolute atomic E-state index is 7.47. The molecule has 5 rings (SSSR count). The molecule has 52 heavy (non-hydrogen) atoms. The largest absolute Gasteiger partial charge is 0.410 e. The van der Waals surface area contributed by atoms with Gasteiger partial charge in [-0.05, 0) is 156 Å². The fourth-order valence-electron chi connectivity index (χ4n) is 11.8. The highest BCUT2D eigenvalue weighted by Gasteiger charge is 2.58. The van der Waals surface area contributed by atoms with Gasteiger partial charge in [-0.15, -0.1) is 0 Å². The van der Waals surface area contributed by atoms with E-state index in [1.54, 1.807) is 0 Å². The summed E-state index contributed by atoms with van der Waals surface area (Å²) in [4.78, 5) is 0. The van der Waals surface area contributed by atoms with E-state index in [9.17, 15) is 0 Å². The molecule has 0 saturated carbocycles. The molecule has 0 radical (unpaired) electrons. The third kappa shape index (κ3) is 9.26. The van der Waals surface area contributed by atoms with Crippen LogP contribution < -0.4 is 0 Å². The van der Waals surface area contributed by atoms with E-state index in [1.807, 2.05) is 0 Å². The number of ether oxygens (including phenoxy) is 2. The second-order valence-corrected chi connectivity index (χ2v) is 30.1. The molecule has 0 aromatic rings. The minimum atomic E-state index is -1.89. The lowest BCUT2D eigenvalue weighted by atomic mass is 9.63. The van der Waals surface area contributed by atoms with Crippen LogP contribution in [0.3, 0.4) is 0 Å². The van der Waals surface area contributed by atoms with Gasteiger partial charge in [0.1, 0.15) is 0 Å². The molecule has 0 unspecified atom stereocenters. The summed E-state index contributed by atoms with van der Waals surface area (Å²) in [5, 5.41) is 0. The van der Waals surface area contributed by atoms with E-state index in [-0.39, 0.29) is 35.6 Å². The van der Waals surface area contributed by atoms with Gasteiger partial charge < -0.3 is 18.3 Å². The summed E-state index contributed by atoms with van der Waals surface area (Å²) in [6, 6.07) is 0. The van der Waals surface area contributed by atoms with Gasteiger partial charge in [0.15, 0.2) is 16.6 Å². The first-order valence-corrected chi connectivity index (χ1v) is 28.2. The van der Waals surface area contributed by atoms with Crippen LogP contribution in [0.5, 0.6) is 0 Å². The molecule has 5 aliphatic rings. The molecule has 2 fully saturated rings. The number of hydrogen-bond acceptors (Lipinski definition) is 4. The second kappa shape index (κ2) is 16.0. The first-order valence-electron chi connectivity index (χ1n) is 21.4. The number of allylic oxidation sites excluding steroid dienone is 4. The van der Waals surface area contributed by atoms with Crippen LogP contribution in [0.25, 0.3) is 0 Å². The van der Waals surface area contributed by atoms with Crippen molar-refractivity contribution < 1.29 is 18.3 Å². The third-order valence-corrected chi connectivity index (χ3v) is 15.9. The Balaban J connectivity index is 1.60. The highest BCUT2D eigenvalue weighted by atomic mass is 28.4. The zero-order valence-electron chi connectivity index (χ0n) is 36.5. The zero-order chi connectivity index (χ0) is 38.6. The maximum atomic E-state index is 7.47. The molecular weight excluding hydrogens is 673 g/mol. The molecule has 296 valence electrons. The van der Waals surface area contributed by atoms with Gasteiger partial charge in [0.2, 0.25) is 0 Å². The molecular formula is C46H80O4Si2. The fraction of sp³-hybridized carbons (Fsp3) is 0.826. The molecule has 12 atom stereocenters. The lowest BCUT2D eigenvalue weighted by Gasteiger charge is -2.46. The molecule has 4 nitrogen and oxygen atoms in total. The Morgan fingerprint density at radius 2 is 0.942 bits per heavy atom. The third-order valence-electron chi connectivity index (χ3n) is 13.7. The van der Waals surface area contributed by atoms with Crippen LogP contribution in [0.2, 0.25) is 39.3 Å². The number of hydrogen-bond donors (Lipinski definition) is 0. The van der Waals surface area contributed by atoms with Crippen molar-refractivity contribution in [3.8, 4) is 0 Å². The Hall–Kier alpha value is -0.766. The van der Waals surface area contributed by atoms with E-state index in [2.05, 4.69) is 133 Å². The minimum absolute atomic E-state index is 0.0850. The molecule has 0 aromatic heterocycles. The van der Waals surface area contributed by atoms with Gasteiger partial charge in [-0.2, -0.15) is 0 Å². The number of fused-ring (bicyclic) bond motifs is 10. The lowest BCUT2D eigenvalue weighted by Crippen LogP contribution is -2.53. The average molecular weight is 753 g/mol. The van der Waals surface area contributed by atoms with E-state index in [1.165, 1.54) is 22.3 Å². The molecule has 0 amide bonds. The summed E-state index contributed by atoms with van der Waals surface area (Å²) in [5.41, 5.74) is 5.30. The van der Waals surface area contributed by atoms with Crippen molar-refractivity contribution in [3.63, 3.8) is 0 Å². The summed E-state index contributed by atoms with van der Waals surface area (Å²) in [5.74, 6) is 4.24. The van der Waals surface area contributed by atoms with Gasteiger partial charge in [-0.1, -0.05) is 74.3 Å². The predicted octanol–water partition coefficient (Wildman–Crippen LogP) is 12.7. The van der Waals surface area contributed by atoms with E-state index < -0.39 is 16.6 Å². The smallest absolute Gasteiger partial charge is 0.184 e. The van der Waals surface area contributed by atoms with Gasteiger partial charge in [0, 0.05) is 23.7 Å². The van der Waals surface area contributed by atoms with Crippen LogP contribution in [-0.4, -0.2) is 52.3 Å². The summed E-state index contributed by atoms with van der Waals surface area (Å²) < 4.78 is 29.6. The van der Waals surface area contributed by atoms with E-state index in [4.69, 9.17) is 18.3 Å². The van der Waals surface area contributed by atoms with Crippen molar-refractivity contribution >= 4 is 16.6 Å². The maximum Gasteiger partial charge on any atom is 0.184 e. The van der Waals surface area contributed by atoms with Crippen LogP contribution in [-0.2, 0) is 18.3 Å². The summed E-state index contributed by atoms with van der Waals surface area (Å²) in [7, 11) is -3.79. The fourth-order valence-corrected chi connectivity index (χ4v) is 15.0. The molecule has 4 bridgehead atoms. The van der Waals surface area contributed by atoms with Crippen LogP contribution in [0.4, 0.5) is 0 Å². The normalized spacial score (nSPS) is 43.0. The van der Waals surface area contributed by atoms with E-state index in [0.717, 1.165) is 51.4 Å². The zero-order valence-corrected chi connectivity index (χ0v) is 38.5. The SMILES string of the molecule is CC1=CC[C@H](C(C)C)[C@@H]2[C@H]1[C@H]1C/C(C)=C/CC[C@@](C)(O[Si](C)(C)C)[C@@H]3O[C@H](C/C(C)=C/CC[C@@](C)(O[Si](C)(C)C)[C@@H]2O1)[C@H]1C(C)=CC[C@H](C(C)C)[C@H]13. The molecule has 3 aliphatic heterocycles. The van der Waals surface area contributed by atoms with Gasteiger partial charge >= 0.3 is 0 Å². The Morgan fingerprint density at radius 3 is 1.25 bits per heavy atom. The van der Waals surface area contributed by atoms with Crippen LogP contribution >= 0.6 is 0 Å². The Labute approximate surface area is 323 Å². The highest BCUT2D eigenvalue weighted by Crippen LogP contribution is 2.56. The summed E-state index contributed by atoms with van der Waals surface area (Å²) in [6.07, 6.45) is 18.9. The monoisotopic (exact) mass is 753 g/mol. The Morgan fingerprint density at radius 1 is 0.596 bits per heavy atom.